The predicted octanol–water partition coefficient (Wildman–Crippen LogP) is 0.140. The lowest BCUT2D eigenvalue weighted by atomic mass is 9.95. The lowest BCUT2D eigenvalue weighted by Gasteiger charge is -2.37. The van der Waals surface area contributed by atoms with E-state index in [1.807, 2.05) is 11.7 Å². The van der Waals surface area contributed by atoms with Gasteiger partial charge < -0.3 is 10.0 Å². The van der Waals surface area contributed by atoms with Crippen LogP contribution in [0.25, 0.3) is 0 Å². The van der Waals surface area contributed by atoms with Crippen molar-refractivity contribution in [3.8, 4) is 0 Å². The molecule has 1 aromatic heterocycles. The fourth-order valence-corrected chi connectivity index (χ4v) is 3.42. The molecule has 1 N–H and O–H groups in total. The summed E-state index contributed by atoms with van der Waals surface area (Å²) in [6.07, 6.45) is 4.07. The molecule has 7 nitrogen and oxygen atoms in total. The number of hydrogen-bond acceptors (Lipinski definition) is 4. The maximum Gasteiger partial charge on any atom is 0.322 e. The van der Waals surface area contributed by atoms with Crippen LogP contribution in [0.4, 0.5) is 0 Å². The van der Waals surface area contributed by atoms with E-state index >= 15 is 0 Å². The fraction of sp³-hybridized carbons (Fsp3) is 0.667. The molecule has 0 spiro atoms. The van der Waals surface area contributed by atoms with Gasteiger partial charge in [0.2, 0.25) is 0 Å². The first-order valence-corrected chi connectivity index (χ1v) is 7.76. The van der Waals surface area contributed by atoms with Gasteiger partial charge in [0.05, 0.1) is 0 Å². The molecule has 3 rings (SSSR count). The molecule has 7 heteroatoms. The van der Waals surface area contributed by atoms with Crippen molar-refractivity contribution in [2.45, 2.75) is 31.7 Å². The number of aromatic nitrogens is 2. The summed E-state index contributed by atoms with van der Waals surface area (Å²) >= 11 is 0. The van der Waals surface area contributed by atoms with E-state index in [4.69, 9.17) is 0 Å². The normalized spacial score (nSPS) is 22.5. The van der Waals surface area contributed by atoms with E-state index in [9.17, 15) is 14.7 Å². The summed E-state index contributed by atoms with van der Waals surface area (Å²) < 4.78 is 1.81. The maximum absolute atomic E-state index is 12.8. The molecule has 0 saturated carbocycles. The second-order valence-corrected chi connectivity index (χ2v) is 6.19. The standard InChI is InChI=1S/C15H22N4O3/c1-17-7-8-19(9-12(17)15(21)22)14(20)13-10-5-3-4-6-11(10)18(2)16-13/h12H,3-9H2,1-2H3,(H,21,22). The first-order valence-electron chi connectivity index (χ1n) is 7.76. The molecule has 1 saturated heterocycles. The molecule has 1 amide bonds. The largest absolute Gasteiger partial charge is 0.480 e. The highest BCUT2D eigenvalue weighted by Crippen LogP contribution is 2.25. The van der Waals surface area contributed by atoms with Crippen molar-refractivity contribution in [3.63, 3.8) is 0 Å². The van der Waals surface area contributed by atoms with Gasteiger partial charge >= 0.3 is 5.97 Å². The topological polar surface area (TPSA) is 78.7 Å². The number of carboxylic acids is 1. The predicted molar refractivity (Wildman–Crippen MR) is 79.8 cm³/mol. The minimum Gasteiger partial charge on any atom is -0.480 e. The Balaban J connectivity index is 1.84. The van der Waals surface area contributed by atoms with Crippen molar-refractivity contribution < 1.29 is 14.7 Å². The Morgan fingerprint density at radius 1 is 1.18 bits per heavy atom. The van der Waals surface area contributed by atoms with E-state index in [1.165, 1.54) is 0 Å². The van der Waals surface area contributed by atoms with Gasteiger partial charge in [0.25, 0.3) is 5.91 Å². The number of aryl methyl sites for hydroxylation is 1. The van der Waals surface area contributed by atoms with Crippen molar-refractivity contribution in [2.24, 2.45) is 7.05 Å². The van der Waals surface area contributed by atoms with Crippen LogP contribution in [0.5, 0.6) is 0 Å². The van der Waals surface area contributed by atoms with Gasteiger partial charge in [-0.15, -0.1) is 0 Å². The van der Waals surface area contributed by atoms with Crippen LogP contribution >= 0.6 is 0 Å². The fourth-order valence-electron chi connectivity index (χ4n) is 3.42. The Labute approximate surface area is 129 Å². The number of carbonyl (C=O) groups is 2. The number of rotatable bonds is 2. The Morgan fingerprint density at radius 3 is 2.64 bits per heavy atom. The van der Waals surface area contributed by atoms with Gasteiger partial charge in [0.15, 0.2) is 5.69 Å². The molecule has 2 aliphatic rings. The lowest BCUT2D eigenvalue weighted by Crippen LogP contribution is -2.56. The van der Waals surface area contributed by atoms with Crippen LogP contribution in [-0.4, -0.2) is 69.3 Å². The first kappa shape index (κ1) is 15.0. The minimum atomic E-state index is -0.886. The summed E-state index contributed by atoms with van der Waals surface area (Å²) in [6, 6.07) is -0.641. The number of amides is 1. The summed E-state index contributed by atoms with van der Waals surface area (Å²) in [4.78, 5) is 27.5. The van der Waals surface area contributed by atoms with Gasteiger partial charge in [-0.2, -0.15) is 5.10 Å². The summed E-state index contributed by atoms with van der Waals surface area (Å²) in [7, 11) is 3.66. The molecule has 1 aliphatic heterocycles. The lowest BCUT2D eigenvalue weighted by molar-refractivity contribution is -0.144. The molecule has 120 valence electrons. The van der Waals surface area contributed by atoms with E-state index in [2.05, 4.69) is 5.10 Å². The molecule has 0 aromatic carbocycles. The number of nitrogens with zero attached hydrogens (tertiary/aromatic N) is 4. The van der Waals surface area contributed by atoms with Crippen LogP contribution in [-0.2, 0) is 24.7 Å². The number of carbonyl (C=O) groups excluding carboxylic acids is 1. The first-order chi connectivity index (χ1) is 10.5. The molecule has 0 bridgehead atoms. The number of likely N-dealkylation sites (N-methyl/N-ethyl adjacent to an activating group) is 1. The van der Waals surface area contributed by atoms with Gasteiger partial charge in [-0.1, -0.05) is 0 Å². The third-order valence-corrected chi connectivity index (χ3v) is 4.79. The molecule has 1 unspecified atom stereocenters. The quantitative estimate of drug-likeness (QED) is 0.841. The number of carboxylic acid groups (broad SMARTS) is 1. The van der Waals surface area contributed by atoms with Crippen molar-refractivity contribution >= 4 is 11.9 Å². The Kier molecular flexibility index (Phi) is 3.90. The highest BCUT2D eigenvalue weighted by atomic mass is 16.4. The van der Waals surface area contributed by atoms with Crippen molar-refractivity contribution in [2.75, 3.05) is 26.7 Å². The van der Waals surface area contributed by atoms with Crippen molar-refractivity contribution in [1.29, 1.82) is 0 Å². The Bertz CT molecular complexity index is 610. The third-order valence-electron chi connectivity index (χ3n) is 4.79. The zero-order valence-corrected chi connectivity index (χ0v) is 13.1. The van der Waals surface area contributed by atoms with Gasteiger partial charge in [-0.3, -0.25) is 19.2 Å². The molecule has 1 aromatic rings. The van der Waals surface area contributed by atoms with Gasteiger partial charge in [0.1, 0.15) is 6.04 Å². The van der Waals surface area contributed by atoms with Crippen LogP contribution in [0.15, 0.2) is 0 Å². The zero-order chi connectivity index (χ0) is 15.9. The van der Waals surface area contributed by atoms with E-state index < -0.39 is 12.0 Å². The number of hydrogen-bond donors (Lipinski definition) is 1. The molecular formula is C15H22N4O3. The summed E-state index contributed by atoms with van der Waals surface area (Å²) in [6.45, 7) is 1.33. The molecular weight excluding hydrogens is 284 g/mol. The van der Waals surface area contributed by atoms with Crippen LogP contribution in [0.2, 0.25) is 0 Å². The molecule has 0 radical (unpaired) electrons. The monoisotopic (exact) mass is 306 g/mol. The minimum absolute atomic E-state index is 0.127. The smallest absolute Gasteiger partial charge is 0.322 e. The SMILES string of the molecule is CN1CCN(C(=O)c2nn(C)c3c2CCCC3)CC1C(=O)O. The highest BCUT2D eigenvalue weighted by Gasteiger charge is 2.34. The van der Waals surface area contributed by atoms with Crippen LogP contribution in [0.1, 0.15) is 34.6 Å². The van der Waals surface area contributed by atoms with Crippen LogP contribution in [0.3, 0.4) is 0 Å². The van der Waals surface area contributed by atoms with Gasteiger partial charge in [0, 0.05) is 37.9 Å². The molecule has 1 aliphatic carbocycles. The molecule has 1 atom stereocenters. The van der Waals surface area contributed by atoms with Gasteiger partial charge in [-0.25, -0.2) is 0 Å². The average Bonchev–Trinajstić information content (AvgIpc) is 2.84. The van der Waals surface area contributed by atoms with Crippen molar-refractivity contribution in [3.05, 3.63) is 17.0 Å². The van der Waals surface area contributed by atoms with Gasteiger partial charge in [-0.05, 0) is 32.7 Å². The Hall–Kier alpha value is -1.89. The molecule has 1 fully saturated rings. The highest BCUT2D eigenvalue weighted by molar-refractivity contribution is 5.94. The summed E-state index contributed by atoms with van der Waals surface area (Å²) in [5.74, 6) is -1.01. The zero-order valence-electron chi connectivity index (χ0n) is 13.1. The van der Waals surface area contributed by atoms with E-state index in [1.54, 1.807) is 16.8 Å². The van der Waals surface area contributed by atoms with E-state index in [-0.39, 0.29) is 12.5 Å². The van der Waals surface area contributed by atoms with Crippen molar-refractivity contribution in [1.82, 2.24) is 19.6 Å². The summed E-state index contributed by atoms with van der Waals surface area (Å²) in [5, 5.41) is 13.7. The third kappa shape index (κ3) is 2.49. The number of aliphatic carboxylic acids is 1. The number of fused-ring (bicyclic) bond motifs is 1. The van der Waals surface area contributed by atoms with E-state index in [0.29, 0.717) is 18.8 Å². The second-order valence-electron chi connectivity index (χ2n) is 6.19. The molecule has 22 heavy (non-hydrogen) atoms. The number of piperazine rings is 1. The summed E-state index contributed by atoms with van der Waals surface area (Å²) in [5.41, 5.74) is 2.73. The Morgan fingerprint density at radius 2 is 1.91 bits per heavy atom. The molecule has 2 heterocycles. The van der Waals surface area contributed by atoms with E-state index in [0.717, 1.165) is 36.9 Å². The maximum atomic E-state index is 12.8. The van der Waals surface area contributed by atoms with Crippen LogP contribution < -0.4 is 0 Å². The van der Waals surface area contributed by atoms with Crippen LogP contribution in [0, 0.1) is 0 Å². The average molecular weight is 306 g/mol. The second kappa shape index (κ2) is 5.72.